The van der Waals surface area contributed by atoms with Crippen molar-refractivity contribution in [3.8, 4) is 0 Å². The summed E-state index contributed by atoms with van der Waals surface area (Å²) in [5, 5.41) is 6.51. The molecule has 0 aliphatic heterocycles. The average Bonchev–Trinajstić information content (AvgIpc) is 2.62. The molecule has 2 N–H and O–H groups in total. The lowest BCUT2D eigenvalue weighted by Gasteiger charge is -2.24. The van der Waals surface area contributed by atoms with Gasteiger partial charge in [-0.25, -0.2) is 0 Å². The molecule has 6 heteroatoms. The zero-order valence-electron chi connectivity index (χ0n) is 15.0. The summed E-state index contributed by atoms with van der Waals surface area (Å²) in [6.45, 7) is 0. The Morgan fingerprint density at radius 2 is 1.15 bits per heavy atom. The second-order valence-corrected chi connectivity index (χ2v) is 8.25. The van der Waals surface area contributed by atoms with Crippen molar-refractivity contribution in [2.45, 2.75) is 76.3 Å². The Kier molecular flexibility index (Phi) is 6.82. The van der Waals surface area contributed by atoms with Crippen LogP contribution in [0.25, 0.3) is 0 Å². The summed E-state index contributed by atoms with van der Waals surface area (Å²) in [6, 6.07) is 3.48. The van der Waals surface area contributed by atoms with Gasteiger partial charge in [-0.1, -0.05) is 61.7 Å². The Labute approximate surface area is 165 Å². The minimum Gasteiger partial charge on any atom is -0.349 e. The van der Waals surface area contributed by atoms with E-state index in [9.17, 15) is 9.59 Å². The van der Waals surface area contributed by atoms with Crippen LogP contribution in [0.5, 0.6) is 0 Å². The molecule has 2 aliphatic carbocycles. The van der Waals surface area contributed by atoms with Crippen molar-refractivity contribution in [1.29, 1.82) is 0 Å². The molecule has 2 fully saturated rings. The largest absolute Gasteiger partial charge is 0.349 e. The SMILES string of the molecule is O=C(NC1CCCCC1)c1cc(Cl)c(C(=O)NC2CCCCC2)c(Cl)c1. The van der Waals surface area contributed by atoms with Crippen LogP contribution in [0, 0.1) is 0 Å². The monoisotopic (exact) mass is 396 g/mol. The van der Waals surface area contributed by atoms with Crippen LogP contribution in [0.4, 0.5) is 0 Å². The highest BCUT2D eigenvalue weighted by atomic mass is 35.5. The number of benzene rings is 1. The first-order chi connectivity index (χ1) is 12.5. The van der Waals surface area contributed by atoms with Crippen LogP contribution in [0.1, 0.15) is 84.9 Å². The van der Waals surface area contributed by atoms with Gasteiger partial charge >= 0.3 is 0 Å². The quantitative estimate of drug-likeness (QED) is 0.741. The fourth-order valence-corrected chi connectivity index (χ4v) is 4.60. The molecule has 142 valence electrons. The highest BCUT2D eigenvalue weighted by molar-refractivity contribution is 6.40. The van der Waals surface area contributed by atoms with E-state index in [0.29, 0.717) is 5.56 Å². The lowest BCUT2D eigenvalue weighted by Crippen LogP contribution is -2.37. The standard InChI is InChI=1S/C20H26Cl2N2O2/c21-16-11-13(19(25)23-14-7-3-1-4-8-14)12-17(22)18(16)20(26)24-15-9-5-2-6-10-15/h11-12,14-15H,1-10H2,(H,23,25)(H,24,26). The van der Waals surface area contributed by atoms with Gasteiger partial charge in [0, 0.05) is 17.6 Å². The van der Waals surface area contributed by atoms with E-state index in [1.54, 1.807) is 12.1 Å². The Bertz CT molecular complexity index is 643. The number of amides is 2. The second-order valence-electron chi connectivity index (χ2n) is 7.43. The van der Waals surface area contributed by atoms with Gasteiger partial charge in [0.1, 0.15) is 0 Å². The smallest absolute Gasteiger partial charge is 0.254 e. The first kappa shape index (κ1) is 19.5. The predicted octanol–water partition coefficient (Wildman–Crippen LogP) is 5.12. The van der Waals surface area contributed by atoms with E-state index in [0.717, 1.165) is 51.4 Å². The van der Waals surface area contributed by atoms with Crippen molar-refractivity contribution >= 4 is 35.0 Å². The minimum atomic E-state index is -0.258. The molecule has 0 radical (unpaired) electrons. The third kappa shape index (κ3) is 4.92. The van der Waals surface area contributed by atoms with Crippen LogP contribution in [-0.4, -0.2) is 23.9 Å². The molecule has 2 amide bonds. The molecule has 26 heavy (non-hydrogen) atoms. The van der Waals surface area contributed by atoms with Crippen molar-refractivity contribution in [3.05, 3.63) is 33.3 Å². The fourth-order valence-electron chi connectivity index (χ4n) is 3.94. The zero-order valence-corrected chi connectivity index (χ0v) is 16.5. The maximum atomic E-state index is 12.6. The van der Waals surface area contributed by atoms with Crippen molar-refractivity contribution < 1.29 is 9.59 Å². The van der Waals surface area contributed by atoms with Crippen LogP contribution >= 0.6 is 23.2 Å². The predicted molar refractivity (Wildman–Crippen MR) is 105 cm³/mol. The van der Waals surface area contributed by atoms with E-state index in [2.05, 4.69) is 10.6 Å². The normalized spacial score (nSPS) is 19.2. The molecule has 3 rings (SSSR count). The summed E-state index contributed by atoms with van der Waals surface area (Å²) < 4.78 is 0. The summed E-state index contributed by atoms with van der Waals surface area (Å²) in [5.74, 6) is -0.439. The van der Waals surface area contributed by atoms with Gasteiger partial charge in [0.2, 0.25) is 0 Å². The Morgan fingerprint density at radius 3 is 1.62 bits per heavy atom. The van der Waals surface area contributed by atoms with Gasteiger partial charge in [0.15, 0.2) is 0 Å². The summed E-state index contributed by atoms with van der Waals surface area (Å²) in [4.78, 5) is 25.1. The van der Waals surface area contributed by atoms with E-state index in [1.807, 2.05) is 0 Å². The van der Waals surface area contributed by atoms with E-state index in [4.69, 9.17) is 23.2 Å². The van der Waals surface area contributed by atoms with Crippen LogP contribution < -0.4 is 10.6 Å². The number of rotatable bonds is 4. The van der Waals surface area contributed by atoms with Crippen LogP contribution in [0.2, 0.25) is 10.0 Å². The molecule has 0 saturated heterocycles. The molecule has 0 bridgehead atoms. The van der Waals surface area contributed by atoms with Gasteiger partial charge in [-0.3, -0.25) is 9.59 Å². The Balaban J connectivity index is 1.68. The molecule has 4 nitrogen and oxygen atoms in total. The third-order valence-electron chi connectivity index (χ3n) is 5.41. The molecule has 0 aromatic heterocycles. The number of nitrogens with one attached hydrogen (secondary N) is 2. The fraction of sp³-hybridized carbons (Fsp3) is 0.600. The number of carbonyl (C=O) groups excluding carboxylic acids is 2. The maximum absolute atomic E-state index is 12.6. The molecular weight excluding hydrogens is 371 g/mol. The lowest BCUT2D eigenvalue weighted by molar-refractivity contribution is 0.0915. The summed E-state index contributed by atoms with van der Waals surface area (Å²) >= 11 is 12.6. The first-order valence-corrected chi connectivity index (χ1v) is 10.4. The number of halogens is 2. The van der Waals surface area contributed by atoms with Crippen molar-refractivity contribution in [3.63, 3.8) is 0 Å². The van der Waals surface area contributed by atoms with Gasteiger partial charge in [-0.05, 0) is 37.8 Å². The van der Waals surface area contributed by atoms with E-state index >= 15 is 0 Å². The molecular formula is C20H26Cl2N2O2. The van der Waals surface area contributed by atoms with E-state index in [-0.39, 0.29) is 39.5 Å². The zero-order chi connectivity index (χ0) is 18.5. The first-order valence-electron chi connectivity index (χ1n) is 9.65. The molecule has 0 spiro atoms. The maximum Gasteiger partial charge on any atom is 0.254 e. The lowest BCUT2D eigenvalue weighted by atomic mass is 9.95. The van der Waals surface area contributed by atoms with Crippen molar-refractivity contribution in [1.82, 2.24) is 10.6 Å². The van der Waals surface area contributed by atoms with E-state index in [1.165, 1.54) is 12.8 Å². The highest BCUT2D eigenvalue weighted by Crippen LogP contribution is 2.28. The number of hydrogen-bond acceptors (Lipinski definition) is 2. The molecule has 2 aliphatic rings. The summed E-state index contributed by atoms with van der Waals surface area (Å²) in [7, 11) is 0. The highest BCUT2D eigenvalue weighted by Gasteiger charge is 2.23. The van der Waals surface area contributed by atoms with Crippen molar-refractivity contribution in [2.24, 2.45) is 0 Å². The molecule has 0 heterocycles. The van der Waals surface area contributed by atoms with Crippen molar-refractivity contribution in [2.75, 3.05) is 0 Å². The van der Waals surface area contributed by atoms with Gasteiger partial charge < -0.3 is 10.6 Å². The Hall–Kier alpha value is -1.26. The third-order valence-corrected chi connectivity index (χ3v) is 6.01. The van der Waals surface area contributed by atoms with Gasteiger partial charge in [-0.2, -0.15) is 0 Å². The number of hydrogen-bond donors (Lipinski definition) is 2. The summed E-state index contributed by atoms with van der Waals surface area (Å²) in [6.07, 6.45) is 11.0. The van der Waals surface area contributed by atoms with Crippen LogP contribution in [0.15, 0.2) is 12.1 Å². The van der Waals surface area contributed by atoms with Crippen LogP contribution in [0.3, 0.4) is 0 Å². The summed E-state index contributed by atoms with van der Waals surface area (Å²) in [5.41, 5.74) is 0.660. The topological polar surface area (TPSA) is 58.2 Å². The molecule has 0 unspecified atom stereocenters. The molecule has 0 atom stereocenters. The van der Waals surface area contributed by atoms with Gasteiger partial charge in [0.05, 0.1) is 15.6 Å². The second kappa shape index (κ2) is 9.09. The van der Waals surface area contributed by atoms with Crippen LogP contribution in [-0.2, 0) is 0 Å². The Morgan fingerprint density at radius 1 is 0.731 bits per heavy atom. The van der Waals surface area contributed by atoms with Gasteiger partial charge in [-0.15, -0.1) is 0 Å². The average molecular weight is 397 g/mol. The minimum absolute atomic E-state index is 0.178. The molecule has 1 aromatic rings. The molecule has 1 aromatic carbocycles. The van der Waals surface area contributed by atoms with E-state index < -0.39 is 0 Å². The van der Waals surface area contributed by atoms with Gasteiger partial charge in [0.25, 0.3) is 11.8 Å². The number of carbonyl (C=O) groups is 2. The molecule has 2 saturated carbocycles.